The van der Waals surface area contributed by atoms with Crippen LogP contribution in [0, 0.1) is 0 Å². The molecule has 2 aromatic heterocycles. The van der Waals surface area contributed by atoms with Gasteiger partial charge in [-0.3, -0.25) is 4.79 Å². The zero-order valence-corrected chi connectivity index (χ0v) is 14.3. The summed E-state index contributed by atoms with van der Waals surface area (Å²) in [7, 11) is 0. The van der Waals surface area contributed by atoms with Gasteiger partial charge in [0.25, 0.3) is 5.91 Å². The lowest BCUT2D eigenvalue weighted by molar-refractivity contribution is 0.0954. The largest absolute Gasteiger partial charge is 0.443 e. The number of carbonyl (C=O) groups excluding carboxylic acids is 1. The van der Waals surface area contributed by atoms with Gasteiger partial charge in [0.2, 0.25) is 5.88 Å². The number of aromatic nitrogens is 1. The smallest absolute Gasteiger partial charge is 0.259 e. The second-order valence-electron chi connectivity index (χ2n) is 5.57. The van der Waals surface area contributed by atoms with Crippen LogP contribution in [0.25, 0.3) is 11.5 Å². The fourth-order valence-corrected chi connectivity index (χ4v) is 2.67. The molecule has 0 radical (unpaired) electrons. The number of furan rings is 1. The van der Waals surface area contributed by atoms with E-state index in [4.69, 9.17) is 26.3 Å². The molecule has 3 aromatic rings. The number of aryl methyl sites for hydroxylation is 1. The number of carbonyl (C=O) groups is 1. The number of hydrogen-bond donors (Lipinski definition) is 2. The molecular weight excluding hydrogens is 342 g/mol. The number of nitrogens with two attached hydrogens (primary N) is 1. The number of amides is 1. The van der Waals surface area contributed by atoms with Crippen molar-refractivity contribution in [2.45, 2.75) is 19.3 Å². The lowest BCUT2D eigenvalue weighted by Gasteiger charge is -2.05. The van der Waals surface area contributed by atoms with Gasteiger partial charge in [0.15, 0.2) is 16.7 Å². The quantitative estimate of drug-likeness (QED) is 0.623. The van der Waals surface area contributed by atoms with Crippen LogP contribution >= 0.6 is 11.6 Å². The molecule has 0 atom stereocenters. The maximum Gasteiger partial charge on any atom is 0.259 e. The molecule has 0 saturated heterocycles. The van der Waals surface area contributed by atoms with E-state index in [1.165, 1.54) is 5.56 Å². The van der Waals surface area contributed by atoms with Gasteiger partial charge in [-0.25, -0.2) is 0 Å². The molecule has 0 unspecified atom stereocenters. The van der Waals surface area contributed by atoms with Gasteiger partial charge in [-0.05, 0) is 48.6 Å². The first-order chi connectivity index (χ1) is 12.1. The van der Waals surface area contributed by atoms with Gasteiger partial charge >= 0.3 is 0 Å². The molecule has 0 saturated carbocycles. The highest BCUT2D eigenvalue weighted by Gasteiger charge is 2.24. The van der Waals surface area contributed by atoms with Crippen LogP contribution in [0.3, 0.4) is 0 Å². The summed E-state index contributed by atoms with van der Waals surface area (Å²) >= 11 is 5.76. The highest BCUT2D eigenvalue weighted by molar-refractivity contribution is 6.29. The molecule has 3 rings (SSSR count). The maximum atomic E-state index is 12.4. The number of unbranched alkanes of at least 4 members (excludes halogenated alkanes) is 1. The first-order valence-corrected chi connectivity index (χ1v) is 8.36. The molecule has 130 valence electrons. The molecule has 1 aromatic carbocycles. The van der Waals surface area contributed by atoms with Gasteiger partial charge in [0.1, 0.15) is 5.56 Å². The molecule has 1 amide bonds. The predicted octanol–water partition coefficient (Wildman–Crippen LogP) is 3.92. The fourth-order valence-electron chi connectivity index (χ4n) is 2.52. The van der Waals surface area contributed by atoms with E-state index in [-0.39, 0.29) is 28.3 Å². The third-order valence-electron chi connectivity index (χ3n) is 3.77. The summed E-state index contributed by atoms with van der Waals surface area (Å²) in [5.74, 6) is -0.0648. The Morgan fingerprint density at radius 3 is 2.68 bits per heavy atom. The Bertz CT molecular complexity index is 842. The van der Waals surface area contributed by atoms with Crippen molar-refractivity contribution in [1.82, 2.24) is 10.5 Å². The van der Waals surface area contributed by atoms with Crippen LogP contribution in [0.4, 0.5) is 5.88 Å². The minimum Gasteiger partial charge on any atom is -0.443 e. The van der Waals surface area contributed by atoms with E-state index in [0.29, 0.717) is 12.3 Å². The molecule has 0 aliphatic carbocycles. The van der Waals surface area contributed by atoms with E-state index in [0.717, 1.165) is 19.3 Å². The number of anilines is 1. The van der Waals surface area contributed by atoms with Crippen LogP contribution < -0.4 is 11.1 Å². The molecule has 0 bridgehead atoms. The van der Waals surface area contributed by atoms with Crippen molar-refractivity contribution in [1.29, 1.82) is 0 Å². The third kappa shape index (κ3) is 4.22. The highest BCUT2D eigenvalue weighted by Crippen LogP contribution is 2.29. The number of nitrogen functional groups attached to an aromatic ring is 1. The van der Waals surface area contributed by atoms with Crippen molar-refractivity contribution < 1.29 is 13.7 Å². The Morgan fingerprint density at radius 2 is 1.96 bits per heavy atom. The van der Waals surface area contributed by atoms with Gasteiger partial charge < -0.3 is 20.0 Å². The summed E-state index contributed by atoms with van der Waals surface area (Å²) in [4.78, 5) is 12.4. The Balaban J connectivity index is 1.54. The van der Waals surface area contributed by atoms with E-state index in [2.05, 4.69) is 22.6 Å². The molecule has 0 aliphatic rings. The second kappa shape index (κ2) is 7.90. The van der Waals surface area contributed by atoms with Gasteiger partial charge in [-0.2, -0.15) is 0 Å². The minimum absolute atomic E-state index is 0.0516. The first kappa shape index (κ1) is 17.1. The van der Waals surface area contributed by atoms with Crippen LogP contribution in [-0.4, -0.2) is 17.6 Å². The van der Waals surface area contributed by atoms with Crippen LogP contribution in [0.2, 0.25) is 5.22 Å². The van der Waals surface area contributed by atoms with E-state index in [1.807, 2.05) is 18.2 Å². The fraction of sp³-hybridized carbons (Fsp3) is 0.222. The Morgan fingerprint density at radius 1 is 1.16 bits per heavy atom. The summed E-state index contributed by atoms with van der Waals surface area (Å²) in [5.41, 5.74) is 7.42. The minimum atomic E-state index is -0.346. The van der Waals surface area contributed by atoms with Crippen LogP contribution in [0.1, 0.15) is 28.8 Å². The van der Waals surface area contributed by atoms with Crippen LogP contribution in [0.15, 0.2) is 51.4 Å². The van der Waals surface area contributed by atoms with Gasteiger partial charge in [0.05, 0.1) is 0 Å². The Kier molecular flexibility index (Phi) is 5.40. The zero-order valence-electron chi connectivity index (χ0n) is 13.5. The van der Waals surface area contributed by atoms with E-state index in [1.54, 1.807) is 12.1 Å². The normalized spacial score (nSPS) is 10.8. The summed E-state index contributed by atoms with van der Waals surface area (Å²) < 4.78 is 10.2. The maximum absolute atomic E-state index is 12.4. The molecule has 0 spiro atoms. The summed E-state index contributed by atoms with van der Waals surface area (Å²) in [5, 5.41) is 6.82. The van der Waals surface area contributed by atoms with Crippen molar-refractivity contribution in [3.05, 3.63) is 58.8 Å². The van der Waals surface area contributed by atoms with E-state index < -0.39 is 0 Å². The number of nitrogens with one attached hydrogen (secondary N) is 1. The highest BCUT2D eigenvalue weighted by atomic mass is 35.5. The van der Waals surface area contributed by atoms with Crippen molar-refractivity contribution in [3.63, 3.8) is 0 Å². The monoisotopic (exact) mass is 359 g/mol. The lowest BCUT2D eigenvalue weighted by atomic mass is 10.1. The van der Waals surface area contributed by atoms with Crippen molar-refractivity contribution in [2.75, 3.05) is 12.3 Å². The molecule has 6 nitrogen and oxygen atoms in total. The molecule has 25 heavy (non-hydrogen) atoms. The van der Waals surface area contributed by atoms with Crippen LogP contribution in [0.5, 0.6) is 0 Å². The summed E-state index contributed by atoms with van der Waals surface area (Å²) in [6.07, 6.45) is 2.81. The number of halogens is 1. The molecular formula is C18H18ClN3O3. The number of hydrogen-bond acceptors (Lipinski definition) is 5. The number of rotatable bonds is 7. The lowest BCUT2D eigenvalue weighted by Crippen LogP contribution is -2.25. The summed E-state index contributed by atoms with van der Waals surface area (Å²) in [6, 6.07) is 13.4. The third-order valence-corrected chi connectivity index (χ3v) is 3.98. The zero-order chi connectivity index (χ0) is 17.6. The molecule has 7 heteroatoms. The van der Waals surface area contributed by atoms with E-state index >= 15 is 0 Å². The second-order valence-corrected chi connectivity index (χ2v) is 5.95. The molecule has 0 aliphatic heterocycles. The van der Waals surface area contributed by atoms with Gasteiger partial charge in [-0.15, -0.1) is 0 Å². The first-order valence-electron chi connectivity index (χ1n) is 7.98. The van der Waals surface area contributed by atoms with Gasteiger partial charge in [-0.1, -0.05) is 35.5 Å². The SMILES string of the molecule is Nc1onc(-c2ccc(Cl)o2)c1C(=O)NCCCCc1ccccc1. The van der Waals surface area contributed by atoms with Crippen molar-refractivity contribution in [3.8, 4) is 11.5 Å². The summed E-state index contributed by atoms with van der Waals surface area (Å²) in [6.45, 7) is 0.536. The average Bonchev–Trinajstić information content (AvgIpc) is 3.21. The number of benzene rings is 1. The standard InChI is InChI=1S/C18H18ClN3O3/c19-14-10-9-13(24-14)16-15(17(20)25-22-16)18(23)21-11-5-4-8-12-6-2-1-3-7-12/h1-3,6-7,9-10H,4-5,8,11,20H2,(H,21,23). The molecule has 0 fully saturated rings. The van der Waals surface area contributed by atoms with Gasteiger partial charge in [0, 0.05) is 6.54 Å². The van der Waals surface area contributed by atoms with E-state index in [9.17, 15) is 4.79 Å². The van der Waals surface area contributed by atoms with Crippen molar-refractivity contribution >= 4 is 23.4 Å². The number of nitrogens with zero attached hydrogens (tertiary/aromatic N) is 1. The van der Waals surface area contributed by atoms with Crippen LogP contribution in [-0.2, 0) is 6.42 Å². The Labute approximate surface area is 149 Å². The molecule has 2 heterocycles. The predicted molar refractivity (Wildman–Crippen MR) is 95.3 cm³/mol. The average molecular weight is 360 g/mol. The van der Waals surface area contributed by atoms with Crippen molar-refractivity contribution in [2.24, 2.45) is 0 Å². The Hall–Kier alpha value is -2.73. The molecule has 3 N–H and O–H groups in total. The topological polar surface area (TPSA) is 94.3 Å².